The van der Waals surface area contributed by atoms with Crippen LogP contribution in [0.2, 0.25) is 0 Å². The van der Waals surface area contributed by atoms with Crippen molar-refractivity contribution in [2.45, 2.75) is 58.6 Å². The van der Waals surface area contributed by atoms with Crippen LogP contribution in [0.25, 0.3) is 0 Å². The molecule has 3 nitrogen and oxygen atoms in total. The van der Waals surface area contributed by atoms with E-state index in [2.05, 4.69) is 12.2 Å². The molecule has 1 aliphatic rings. The van der Waals surface area contributed by atoms with E-state index in [0.717, 1.165) is 22.8 Å². The Morgan fingerprint density at radius 1 is 1.24 bits per heavy atom. The van der Waals surface area contributed by atoms with Gasteiger partial charge in [0, 0.05) is 12.6 Å². The third-order valence-electron chi connectivity index (χ3n) is 4.61. The minimum absolute atomic E-state index is 0.343. The highest BCUT2D eigenvalue weighted by Gasteiger charge is 2.21. The van der Waals surface area contributed by atoms with E-state index in [9.17, 15) is 5.11 Å². The molecule has 0 heterocycles. The molecule has 1 unspecified atom stereocenters. The molecule has 3 heteroatoms. The largest absolute Gasteiger partial charge is 0.490 e. The predicted molar refractivity (Wildman–Crippen MR) is 86.8 cm³/mol. The molecule has 21 heavy (non-hydrogen) atoms. The van der Waals surface area contributed by atoms with E-state index in [-0.39, 0.29) is 0 Å². The van der Waals surface area contributed by atoms with Crippen molar-refractivity contribution in [1.82, 2.24) is 5.32 Å². The molecule has 0 bridgehead atoms. The van der Waals surface area contributed by atoms with Crippen LogP contribution in [-0.4, -0.2) is 30.4 Å². The van der Waals surface area contributed by atoms with Gasteiger partial charge < -0.3 is 15.2 Å². The molecule has 1 aromatic carbocycles. The molecule has 0 aromatic heterocycles. The molecule has 2 rings (SSSR count). The third kappa shape index (κ3) is 4.72. The average molecular weight is 291 g/mol. The zero-order valence-electron chi connectivity index (χ0n) is 13.6. The summed E-state index contributed by atoms with van der Waals surface area (Å²) in [7, 11) is 0. The number of aryl methyl sites for hydroxylation is 2. The smallest absolute Gasteiger partial charge is 0.125 e. The first kappa shape index (κ1) is 16.3. The topological polar surface area (TPSA) is 41.5 Å². The van der Waals surface area contributed by atoms with Crippen LogP contribution in [0.3, 0.4) is 0 Å². The summed E-state index contributed by atoms with van der Waals surface area (Å²) in [6, 6.07) is 6.59. The molecule has 2 N–H and O–H groups in total. The molecular formula is C18H29NO2. The van der Waals surface area contributed by atoms with Crippen LogP contribution in [0.4, 0.5) is 0 Å². The molecule has 2 atom stereocenters. The molecule has 0 amide bonds. The van der Waals surface area contributed by atoms with E-state index in [0.29, 0.717) is 19.2 Å². The molecule has 1 saturated carbocycles. The van der Waals surface area contributed by atoms with Crippen molar-refractivity contribution in [3.05, 3.63) is 29.3 Å². The van der Waals surface area contributed by atoms with Crippen LogP contribution < -0.4 is 10.1 Å². The molecule has 0 spiro atoms. The minimum Gasteiger partial charge on any atom is -0.490 e. The first-order valence-corrected chi connectivity index (χ1v) is 8.18. The number of hydrogen-bond donors (Lipinski definition) is 2. The highest BCUT2D eigenvalue weighted by molar-refractivity contribution is 5.39. The lowest BCUT2D eigenvalue weighted by molar-refractivity contribution is 0.101. The summed E-state index contributed by atoms with van der Waals surface area (Å²) in [5, 5.41) is 13.6. The Labute approximate surface area is 128 Å². The number of rotatable bonds is 7. The van der Waals surface area contributed by atoms with E-state index in [1.165, 1.54) is 25.7 Å². The summed E-state index contributed by atoms with van der Waals surface area (Å²) < 4.78 is 5.80. The summed E-state index contributed by atoms with van der Waals surface area (Å²) in [5.41, 5.74) is 2.24. The van der Waals surface area contributed by atoms with Crippen molar-refractivity contribution in [2.24, 2.45) is 5.92 Å². The van der Waals surface area contributed by atoms with Gasteiger partial charge in [0.05, 0.1) is 0 Å². The van der Waals surface area contributed by atoms with Crippen molar-refractivity contribution in [1.29, 1.82) is 0 Å². The summed E-state index contributed by atoms with van der Waals surface area (Å²) in [4.78, 5) is 0. The van der Waals surface area contributed by atoms with Crippen molar-refractivity contribution >= 4 is 0 Å². The van der Waals surface area contributed by atoms with E-state index in [4.69, 9.17) is 4.74 Å². The van der Waals surface area contributed by atoms with Gasteiger partial charge in [0.25, 0.3) is 0 Å². The highest BCUT2D eigenvalue weighted by atomic mass is 16.5. The van der Waals surface area contributed by atoms with E-state index < -0.39 is 6.10 Å². The molecule has 0 saturated heterocycles. The van der Waals surface area contributed by atoms with Crippen LogP contribution in [0.15, 0.2) is 18.2 Å². The van der Waals surface area contributed by atoms with Crippen LogP contribution in [-0.2, 0) is 0 Å². The van der Waals surface area contributed by atoms with Crippen LogP contribution >= 0.6 is 0 Å². The summed E-state index contributed by atoms with van der Waals surface area (Å²) in [6.45, 7) is 7.25. The Balaban J connectivity index is 1.73. The average Bonchev–Trinajstić information content (AvgIpc) is 2.98. The van der Waals surface area contributed by atoms with Gasteiger partial charge in [-0.3, -0.25) is 0 Å². The van der Waals surface area contributed by atoms with Gasteiger partial charge in [0.15, 0.2) is 0 Å². The van der Waals surface area contributed by atoms with Gasteiger partial charge in [-0.1, -0.05) is 31.0 Å². The van der Waals surface area contributed by atoms with Gasteiger partial charge in [0.1, 0.15) is 18.5 Å². The van der Waals surface area contributed by atoms with Gasteiger partial charge in [-0.15, -0.1) is 0 Å². The lowest BCUT2D eigenvalue weighted by Gasteiger charge is -2.22. The van der Waals surface area contributed by atoms with E-state index in [1.807, 2.05) is 32.0 Å². The van der Waals surface area contributed by atoms with Gasteiger partial charge >= 0.3 is 0 Å². The second kappa shape index (κ2) is 7.81. The lowest BCUT2D eigenvalue weighted by atomic mass is 10.00. The molecule has 1 fully saturated rings. The van der Waals surface area contributed by atoms with Crippen LogP contribution in [0.1, 0.15) is 43.7 Å². The van der Waals surface area contributed by atoms with Crippen molar-refractivity contribution in [2.75, 3.05) is 13.2 Å². The van der Waals surface area contributed by atoms with Gasteiger partial charge in [0.2, 0.25) is 0 Å². The maximum Gasteiger partial charge on any atom is 0.125 e. The Morgan fingerprint density at radius 3 is 2.48 bits per heavy atom. The van der Waals surface area contributed by atoms with Gasteiger partial charge in [-0.25, -0.2) is 0 Å². The van der Waals surface area contributed by atoms with Crippen molar-refractivity contribution < 1.29 is 9.84 Å². The monoisotopic (exact) mass is 291 g/mol. The summed E-state index contributed by atoms with van der Waals surface area (Å²) in [6.07, 6.45) is 4.89. The second-order valence-corrected chi connectivity index (χ2v) is 6.43. The molecule has 1 aliphatic carbocycles. The number of ether oxygens (including phenoxy) is 1. The van der Waals surface area contributed by atoms with Gasteiger partial charge in [-0.2, -0.15) is 0 Å². The Kier molecular flexibility index (Phi) is 6.07. The number of nitrogens with one attached hydrogen (secondary N) is 1. The predicted octanol–water partition coefficient (Wildman–Crippen LogP) is 3.21. The van der Waals surface area contributed by atoms with Gasteiger partial charge in [-0.05, 0) is 50.7 Å². The fraction of sp³-hybridized carbons (Fsp3) is 0.667. The maximum absolute atomic E-state index is 10.1. The quantitative estimate of drug-likeness (QED) is 0.810. The Hall–Kier alpha value is -1.06. The SMILES string of the molecule is Cc1cccc(C)c1OCC(O)CN[C@H](C)C1CCCC1. The third-order valence-corrected chi connectivity index (χ3v) is 4.61. The fourth-order valence-electron chi connectivity index (χ4n) is 3.21. The number of hydrogen-bond acceptors (Lipinski definition) is 3. The highest BCUT2D eigenvalue weighted by Crippen LogP contribution is 2.27. The molecular weight excluding hydrogens is 262 g/mol. The first-order valence-electron chi connectivity index (χ1n) is 8.18. The standard InChI is InChI=1S/C18H29NO2/c1-13-7-6-8-14(2)18(13)21-12-17(20)11-19-15(3)16-9-4-5-10-16/h6-8,15-17,19-20H,4-5,9-12H2,1-3H3/t15-,17?/m1/s1. The Bertz CT molecular complexity index is 421. The number of benzene rings is 1. The molecule has 0 aliphatic heterocycles. The fourth-order valence-corrected chi connectivity index (χ4v) is 3.21. The minimum atomic E-state index is -0.465. The van der Waals surface area contributed by atoms with Crippen LogP contribution in [0, 0.1) is 19.8 Å². The first-order chi connectivity index (χ1) is 10.1. The summed E-state index contributed by atoms with van der Waals surface area (Å²) >= 11 is 0. The zero-order valence-corrected chi connectivity index (χ0v) is 13.6. The Morgan fingerprint density at radius 2 is 1.86 bits per heavy atom. The van der Waals surface area contributed by atoms with E-state index in [1.54, 1.807) is 0 Å². The molecule has 0 radical (unpaired) electrons. The lowest BCUT2D eigenvalue weighted by Crippen LogP contribution is -2.39. The van der Waals surface area contributed by atoms with Crippen LogP contribution in [0.5, 0.6) is 5.75 Å². The van der Waals surface area contributed by atoms with Crippen molar-refractivity contribution in [3.63, 3.8) is 0 Å². The normalized spacial score (nSPS) is 18.7. The number of para-hydroxylation sites is 1. The maximum atomic E-state index is 10.1. The molecule has 1 aromatic rings. The zero-order chi connectivity index (χ0) is 15.2. The van der Waals surface area contributed by atoms with E-state index >= 15 is 0 Å². The number of aliphatic hydroxyl groups is 1. The van der Waals surface area contributed by atoms with Crippen molar-refractivity contribution in [3.8, 4) is 5.75 Å². The second-order valence-electron chi connectivity index (χ2n) is 6.43. The number of aliphatic hydroxyl groups excluding tert-OH is 1. The summed E-state index contributed by atoms with van der Waals surface area (Å²) in [5.74, 6) is 1.68. The molecule has 118 valence electrons.